The summed E-state index contributed by atoms with van der Waals surface area (Å²) in [4.78, 5) is 23.2. The summed E-state index contributed by atoms with van der Waals surface area (Å²) in [5, 5.41) is 0. The van der Waals surface area contributed by atoms with E-state index < -0.39 is 5.60 Å². The Balaban J connectivity index is 1.79. The minimum absolute atomic E-state index is 0.0444. The fourth-order valence-electron chi connectivity index (χ4n) is 3.05. The maximum absolute atomic E-state index is 11.8. The number of rotatable bonds is 6. The van der Waals surface area contributed by atoms with Gasteiger partial charge in [0.15, 0.2) is 5.60 Å². The quantitative estimate of drug-likeness (QED) is 0.538. The highest BCUT2D eigenvalue weighted by molar-refractivity contribution is 5.98. The van der Waals surface area contributed by atoms with Crippen LogP contribution in [0.5, 0.6) is 0 Å². The van der Waals surface area contributed by atoms with Gasteiger partial charge in [-0.15, -0.1) is 0 Å². The summed E-state index contributed by atoms with van der Waals surface area (Å²) in [6, 6.07) is 0. The molecule has 132 valence electrons. The molecule has 0 aromatic rings. The molecule has 0 amide bonds. The summed E-state index contributed by atoms with van der Waals surface area (Å²) in [6.45, 7) is 9.73. The van der Waals surface area contributed by atoms with Gasteiger partial charge < -0.3 is 9.47 Å². The van der Waals surface area contributed by atoms with Gasteiger partial charge in [0.2, 0.25) is 5.78 Å². The summed E-state index contributed by atoms with van der Waals surface area (Å²) in [7, 11) is 0. The molecule has 0 spiro atoms. The third-order valence-electron chi connectivity index (χ3n) is 4.56. The SMILES string of the molecule is CC1=CC(=O)O[C@H](/C=C(\C)CCC[C@@H](C)C2=CC(=O)C(C)(C)O2)C1. The molecule has 0 fully saturated rings. The van der Waals surface area contributed by atoms with Gasteiger partial charge in [-0.05, 0) is 53.0 Å². The van der Waals surface area contributed by atoms with E-state index in [1.807, 2.05) is 6.92 Å². The maximum Gasteiger partial charge on any atom is 0.331 e. The van der Waals surface area contributed by atoms with Gasteiger partial charge >= 0.3 is 5.97 Å². The van der Waals surface area contributed by atoms with E-state index in [4.69, 9.17) is 9.47 Å². The second kappa shape index (κ2) is 7.37. The topological polar surface area (TPSA) is 52.6 Å². The van der Waals surface area contributed by atoms with Crippen LogP contribution in [-0.4, -0.2) is 23.5 Å². The zero-order valence-electron chi connectivity index (χ0n) is 15.3. The molecule has 0 N–H and O–H groups in total. The molecule has 0 aromatic heterocycles. The first-order valence-electron chi connectivity index (χ1n) is 8.67. The van der Waals surface area contributed by atoms with Crippen molar-refractivity contribution in [2.24, 2.45) is 5.92 Å². The fourth-order valence-corrected chi connectivity index (χ4v) is 3.05. The monoisotopic (exact) mass is 332 g/mol. The molecule has 0 aromatic carbocycles. The molecule has 0 saturated heterocycles. The van der Waals surface area contributed by atoms with E-state index >= 15 is 0 Å². The summed E-state index contributed by atoms with van der Waals surface area (Å²) >= 11 is 0. The molecule has 0 unspecified atom stereocenters. The van der Waals surface area contributed by atoms with Gasteiger partial charge in [0.05, 0.1) is 0 Å². The summed E-state index contributed by atoms with van der Waals surface area (Å²) < 4.78 is 11.1. The van der Waals surface area contributed by atoms with Crippen molar-refractivity contribution >= 4 is 11.8 Å². The van der Waals surface area contributed by atoms with Crippen LogP contribution in [0.15, 0.2) is 35.1 Å². The molecule has 4 heteroatoms. The van der Waals surface area contributed by atoms with Crippen LogP contribution in [0.2, 0.25) is 0 Å². The van der Waals surface area contributed by atoms with E-state index in [-0.39, 0.29) is 23.8 Å². The van der Waals surface area contributed by atoms with Crippen LogP contribution in [0.3, 0.4) is 0 Å². The van der Waals surface area contributed by atoms with Crippen molar-refractivity contribution < 1.29 is 19.1 Å². The van der Waals surface area contributed by atoms with Crippen molar-refractivity contribution in [3.05, 3.63) is 35.1 Å². The lowest BCUT2D eigenvalue weighted by Gasteiger charge is -2.21. The second-order valence-corrected chi connectivity index (χ2v) is 7.50. The van der Waals surface area contributed by atoms with E-state index in [9.17, 15) is 9.59 Å². The van der Waals surface area contributed by atoms with Crippen molar-refractivity contribution in [1.29, 1.82) is 0 Å². The first-order valence-corrected chi connectivity index (χ1v) is 8.67. The number of allylic oxidation sites excluding steroid dienone is 2. The number of hydrogen-bond donors (Lipinski definition) is 0. The molecule has 24 heavy (non-hydrogen) atoms. The highest BCUT2D eigenvalue weighted by Crippen LogP contribution is 2.31. The number of ether oxygens (including phenoxy) is 2. The predicted octanol–water partition coefficient (Wildman–Crippen LogP) is 4.26. The Kier molecular flexibility index (Phi) is 5.68. The standard InChI is InChI=1S/C20H28O4/c1-13(9-16-10-14(2)11-19(22)23-16)7-6-8-15(3)17-12-18(21)20(4,5)24-17/h9,11-12,15-16H,6-8,10H2,1-5H3/b13-9+/t15-,16-/m1/s1. The van der Waals surface area contributed by atoms with Gasteiger partial charge in [-0.25, -0.2) is 4.79 Å². The molecule has 0 radical (unpaired) electrons. The fraction of sp³-hybridized carbons (Fsp3) is 0.600. The molecule has 2 atom stereocenters. The van der Waals surface area contributed by atoms with Crippen LogP contribution in [0.25, 0.3) is 0 Å². The van der Waals surface area contributed by atoms with Gasteiger partial charge in [-0.2, -0.15) is 0 Å². The number of carbonyl (C=O) groups is 2. The highest BCUT2D eigenvalue weighted by Gasteiger charge is 2.36. The second-order valence-electron chi connectivity index (χ2n) is 7.50. The van der Waals surface area contributed by atoms with Crippen LogP contribution in [0.1, 0.15) is 60.3 Å². The van der Waals surface area contributed by atoms with Gasteiger partial charge in [0.1, 0.15) is 11.9 Å². The molecule has 2 heterocycles. The van der Waals surface area contributed by atoms with Gasteiger partial charge in [-0.1, -0.05) is 18.1 Å². The van der Waals surface area contributed by atoms with E-state index in [0.717, 1.165) is 37.0 Å². The average molecular weight is 332 g/mol. The lowest BCUT2D eigenvalue weighted by Crippen LogP contribution is -2.28. The van der Waals surface area contributed by atoms with Crippen molar-refractivity contribution in [1.82, 2.24) is 0 Å². The number of cyclic esters (lactones) is 1. The molecule has 0 saturated carbocycles. The Bertz CT molecular complexity index is 607. The Morgan fingerprint density at radius 3 is 2.67 bits per heavy atom. The summed E-state index contributed by atoms with van der Waals surface area (Å²) in [5.41, 5.74) is 1.58. The van der Waals surface area contributed by atoms with Crippen molar-refractivity contribution in [2.75, 3.05) is 0 Å². The molecule has 4 nitrogen and oxygen atoms in total. The minimum atomic E-state index is -0.713. The Labute approximate surface area is 144 Å². The lowest BCUT2D eigenvalue weighted by atomic mass is 9.98. The van der Waals surface area contributed by atoms with E-state index in [0.29, 0.717) is 0 Å². The summed E-state index contributed by atoms with van der Waals surface area (Å²) in [6.07, 6.45) is 8.81. The van der Waals surface area contributed by atoms with Crippen LogP contribution in [0, 0.1) is 5.92 Å². The zero-order chi connectivity index (χ0) is 17.9. The van der Waals surface area contributed by atoms with Gasteiger partial charge in [0.25, 0.3) is 0 Å². The molecular formula is C20H28O4. The smallest absolute Gasteiger partial charge is 0.331 e. The van der Waals surface area contributed by atoms with Gasteiger partial charge in [0, 0.05) is 24.5 Å². The largest absolute Gasteiger partial charge is 0.484 e. The normalized spacial score (nSPS) is 24.9. The Morgan fingerprint density at radius 2 is 2.08 bits per heavy atom. The molecule has 2 rings (SSSR count). The average Bonchev–Trinajstić information content (AvgIpc) is 2.71. The maximum atomic E-state index is 11.8. The van der Waals surface area contributed by atoms with E-state index in [2.05, 4.69) is 19.9 Å². The van der Waals surface area contributed by atoms with Crippen LogP contribution in [0.4, 0.5) is 0 Å². The number of hydrogen-bond acceptors (Lipinski definition) is 4. The predicted molar refractivity (Wildman–Crippen MR) is 93.3 cm³/mol. The highest BCUT2D eigenvalue weighted by atomic mass is 16.5. The van der Waals surface area contributed by atoms with Crippen LogP contribution in [-0.2, 0) is 19.1 Å². The molecule has 2 aliphatic rings. The molecule has 0 aliphatic carbocycles. The number of carbonyl (C=O) groups excluding carboxylic acids is 2. The van der Waals surface area contributed by atoms with E-state index in [1.165, 1.54) is 5.57 Å². The zero-order valence-corrected chi connectivity index (χ0v) is 15.3. The van der Waals surface area contributed by atoms with Gasteiger partial charge in [-0.3, -0.25) is 4.79 Å². The Hall–Kier alpha value is -1.84. The van der Waals surface area contributed by atoms with Crippen molar-refractivity contribution in [3.63, 3.8) is 0 Å². The first-order chi connectivity index (χ1) is 11.2. The van der Waals surface area contributed by atoms with Crippen molar-refractivity contribution in [3.8, 4) is 0 Å². The van der Waals surface area contributed by atoms with Crippen molar-refractivity contribution in [2.45, 2.75) is 72.0 Å². The minimum Gasteiger partial charge on any atom is -0.484 e. The number of ketones is 1. The third kappa shape index (κ3) is 4.83. The first kappa shape index (κ1) is 18.5. The van der Waals surface area contributed by atoms with Crippen LogP contribution < -0.4 is 0 Å². The summed E-state index contributed by atoms with van der Waals surface area (Å²) in [5.74, 6) is 0.830. The third-order valence-corrected chi connectivity index (χ3v) is 4.56. The molecule has 0 bridgehead atoms. The van der Waals surface area contributed by atoms with E-state index in [1.54, 1.807) is 26.0 Å². The number of esters is 1. The molecule has 2 aliphatic heterocycles. The lowest BCUT2D eigenvalue weighted by molar-refractivity contribution is -0.142. The molecular weight excluding hydrogens is 304 g/mol. The Morgan fingerprint density at radius 1 is 1.38 bits per heavy atom. The van der Waals surface area contributed by atoms with Crippen LogP contribution >= 0.6 is 0 Å².